The Morgan fingerprint density at radius 2 is 2.35 bits per heavy atom. The molecule has 1 aromatic rings. The van der Waals surface area contributed by atoms with Gasteiger partial charge in [0, 0.05) is 12.7 Å². The van der Waals surface area contributed by atoms with Crippen molar-refractivity contribution in [2.75, 3.05) is 25.0 Å². The third-order valence-electron chi connectivity index (χ3n) is 3.91. The van der Waals surface area contributed by atoms with Crippen LogP contribution in [-0.2, 0) is 17.6 Å². The van der Waals surface area contributed by atoms with E-state index >= 15 is 0 Å². The van der Waals surface area contributed by atoms with E-state index in [4.69, 9.17) is 0 Å². The second-order valence-corrected chi connectivity index (χ2v) is 5.16. The molecule has 0 aromatic heterocycles. The summed E-state index contributed by atoms with van der Waals surface area (Å²) in [4.78, 5) is 13.4. The Kier molecular flexibility index (Phi) is 2.63. The van der Waals surface area contributed by atoms with Crippen molar-refractivity contribution in [3.05, 3.63) is 29.3 Å². The Morgan fingerprint density at radius 3 is 3.12 bits per heavy atom. The van der Waals surface area contributed by atoms with Crippen molar-refractivity contribution in [3.8, 4) is 0 Å². The zero-order chi connectivity index (χ0) is 11.8. The van der Waals surface area contributed by atoms with Gasteiger partial charge in [-0.05, 0) is 49.0 Å². The maximum Gasteiger partial charge on any atom is 0.231 e. The van der Waals surface area contributed by atoms with Crippen LogP contribution in [0.25, 0.3) is 0 Å². The van der Waals surface area contributed by atoms with E-state index in [-0.39, 0.29) is 5.91 Å². The van der Waals surface area contributed by atoms with Gasteiger partial charge < -0.3 is 10.2 Å². The average molecular weight is 230 g/mol. The van der Waals surface area contributed by atoms with E-state index in [9.17, 15) is 4.79 Å². The molecule has 2 heterocycles. The van der Waals surface area contributed by atoms with Gasteiger partial charge in [0.25, 0.3) is 0 Å². The molecule has 17 heavy (non-hydrogen) atoms. The highest BCUT2D eigenvalue weighted by atomic mass is 16.2. The quantitative estimate of drug-likeness (QED) is 0.832. The molecule has 3 nitrogen and oxygen atoms in total. The third-order valence-corrected chi connectivity index (χ3v) is 3.91. The standard InChI is InChI=1S/C14H18N2O/c1-16-13-7-10(6-11-4-5-15-9-11)2-3-12(13)8-14(16)17/h2-3,7,11,15H,4-6,8-9H2,1H3. The van der Waals surface area contributed by atoms with Crippen LogP contribution < -0.4 is 10.2 Å². The topological polar surface area (TPSA) is 32.3 Å². The maximum absolute atomic E-state index is 11.6. The minimum absolute atomic E-state index is 0.208. The van der Waals surface area contributed by atoms with Crippen molar-refractivity contribution < 1.29 is 4.79 Å². The summed E-state index contributed by atoms with van der Waals surface area (Å²) >= 11 is 0. The Morgan fingerprint density at radius 1 is 1.47 bits per heavy atom. The van der Waals surface area contributed by atoms with Crippen molar-refractivity contribution >= 4 is 11.6 Å². The molecule has 0 aliphatic carbocycles. The van der Waals surface area contributed by atoms with E-state index in [2.05, 4.69) is 23.5 Å². The zero-order valence-electron chi connectivity index (χ0n) is 10.2. The van der Waals surface area contributed by atoms with Gasteiger partial charge in [0.05, 0.1) is 6.42 Å². The summed E-state index contributed by atoms with van der Waals surface area (Å²) in [7, 11) is 1.87. The predicted octanol–water partition coefficient (Wildman–Crippen LogP) is 1.36. The summed E-state index contributed by atoms with van der Waals surface area (Å²) < 4.78 is 0. The minimum Gasteiger partial charge on any atom is -0.316 e. The van der Waals surface area contributed by atoms with Crippen LogP contribution in [0.3, 0.4) is 0 Å². The lowest BCUT2D eigenvalue weighted by Crippen LogP contribution is -2.20. The van der Waals surface area contributed by atoms with Crippen LogP contribution in [0.15, 0.2) is 18.2 Å². The Hall–Kier alpha value is -1.35. The summed E-state index contributed by atoms with van der Waals surface area (Å²) in [6.07, 6.45) is 2.96. The second-order valence-electron chi connectivity index (χ2n) is 5.16. The van der Waals surface area contributed by atoms with E-state index in [1.54, 1.807) is 4.90 Å². The molecule has 3 heteroatoms. The minimum atomic E-state index is 0.208. The number of nitrogens with one attached hydrogen (secondary N) is 1. The number of fused-ring (bicyclic) bond motifs is 1. The summed E-state index contributed by atoms with van der Waals surface area (Å²) in [5.74, 6) is 0.968. The monoisotopic (exact) mass is 230 g/mol. The van der Waals surface area contributed by atoms with Crippen molar-refractivity contribution in [1.82, 2.24) is 5.32 Å². The molecule has 0 saturated carbocycles. The molecule has 1 aromatic carbocycles. The molecule has 1 atom stereocenters. The first-order valence-corrected chi connectivity index (χ1v) is 6.33. The number of amides is 1. The van der Waals surface area contributed by atoms with Gasteiger partial charge in [0.15, 0.2) is 0 Å². The van der Waals surface area contributed by atoms with Crippen LogP contribution in [0, 0.1) is 5.92 Å². The predicted molar refractivity (Wildman–Crippen MR) is 68.2 cm³/mol. The molecular weight excluding hydrogens is 212 g/mol. The summed E-state index contributed by atoms with van der Waals surface area (Å²) in [5, 5.41) is 3.40. The second kappa shape index (κ2) is 4.15. The fraction of sp³-hybridized carbons (Fsp3) is 0.500. The number of carbonyl (C=O) groups is 1. The van der Waals surface area contributed by atoms with Gasteiger partial charge in [-0.3, -0.25) is 4.79 Å². The van der Waals surface area contributed by atoms with Crippen molar-refractivity contribution in [2.45, 2.75) is 19.3 Å². The molecule has 1 saturated heterocycles. The first-order chi connectivity index (χ1) is 8.24. The van der Waals surface area contributed by atoms with Gasteiger partial charge in [-0.2, -0.15) is 0 Å². The van der Waals surface area contributed by atoms with Gasteiger partial charge in [0.2, 0.25) is 5.91 Å². The molecule has 90 valence electrons. The van der Waals surface area contributed by atoms with Crippen LogP contribution in [0.5, 0.6) is 0 Å². The van der Waals surface area contributed by atoms with Crippen LogP contribution in [0.2, 0.25) is 0 Å². The van der Waals surface area contributed by atoms with Crippen LogP contribution in [0.1, 0.15) is 17.5 Å². The van der Waals surface area contributed by atoms with Crippen molar-refractivity contribution in [2.24, 2.45) is 5.92 Å². The van der Waals surface area contributed by atoms with Crippen molar-refractivity contribution in [3.63, 3.8) is 0 Å². The normalized spacial score (nSPS) is 23.2. The Bertz CT molecular complexity index is 450. The number of benzene rings is 1. The van der Waals surface area contributed by atoms with E-state index in [0.717, 1.165) is 31.1 Å². The number of anilines is 1. The molecule has 2 aliphatic rings. The molecule has 3 rings (SSSR count). The number of nitrogens with zero attached hydrogens (tertiary/aromatic N) is 1. The summed E-state index contributed by atoms with van der Waals surface area (Å²) in [5.41, 5.74) is 3.64. The van der Waals surface area contributed by atoms with E-state index in [0.29, 0.717) is 6.42 Å². The van der Waals surface area contributed by atoms with Crippen LogP contribution in [0.4, 0.5) is 5.69 Å². The fourth-order valence-corrected chi connectivity index (χ4v) is 2.84. The lowest BCUT2D eigenvalue weighted by molar-refractivity contribution is -0.117. The fourth-order valence-electron chi connectivity index (χ4n) is 2.84. The highest BCUT2D eigenvalue weighted by Gasteiger charge is 2.24. The third kappa shape index (κ3) is 1.95. The van der Waals surface area contributed by atoms with Gasteiger partial charge in [-0.25, -0.2) is 0 Å². The van der Waals surface area contributed by atoms with E-state index in [1.165, 1.54) is 17.5 Å². The van der Waals surface area contributed by atoms with E-state index in [1.807, 2.05) is 7.05 Å². The number of carbonyl (C=O) groups excluding carboxylic acids is 1. The average Bonchev–Trinajstić information content (AvgIpc) is 2.91. The van der Waals surface area contributed by atoms with Crippen molar-refractivity contribution in [1.29, 1.82) is 0 Å². The number of hydrogen-bond donors (Lipinski definition) is 1. The molecule has 1 fully saturated rings. The molecule has 0 spiro atoms. The number of hydrogen-bond acceptors (Lipinski definition) is 2. The highest BCUT2D eigenvalue weighted by Crippen LogP contribution is 2.29. The molecule has 2 aliphatic heterocycles. The van der Waals surface area contributed by atoms with Gasteiger partial charge in [0.1, 0.15) is 0 Å². The first kappa shape index (κ1) is 10.8. The van der Waals surface area contributed by atoms with Crippen LogP contribution in [-0.4, -0.2) is 26.0 Å². The summed E-state index contributed by atoms with van der Waals surface area (Å²) in [6, 6.07) is 6.50. The van der Waals surface area contributed by atoms with Gasteiger partial charge >= 0.3 is 0 Å². The molecule has 1 N–H and O–H groups in total. The SMILES string of the molecule is CN1C(=O)Cc2ccc(CC3CCNC3)cc21. The smallest absolute Gasteiger partial charge is 0.231 e. The molecule has 0 bridgehead atoms. The lowest BCUT2D eigenvalue weighted by Gasteiger charge is -2.13. The zero-order valence-corrected chi connectivity index (χ0v) is 10.2. The maximum atomic E-state index is 11.6. The Labute approximate surface area is 102 Å². The Balaban J connectivity index is 1.81. The molecular formula is C14H18N2O. The highest BCUT2D eigenvalue weighted by molar-refractivity contribution is 6.00. The van der Waals surface area contributed by atoms with Gasteiger partial charge in [-0.15, -0.1) is 0 Å². The van der Waals surface area contributed by atoms with E-state index < -0.39 is 0 Å². The largest absolute Gasteiger partial charge is 0.316 e. The molecule has 0 radical (unpaired) electrons. The molecule has 1 amide bonds. The first-order valence-electron chi connectivity index (χ1n) is 6.33. The number of rotatable bonds is 2. The van der Waals surface area contributed by atoms with Gasteiger partial charge in [-0.1, -0.05) is 12.1 Å². The lowest BCUT2D eigenvalue weighted by atomic mass is 9.97. The summed E-state index contributed by atoms with van der Waals surface area (Å²) in [6.45, 7) is 2.28. The number of likely N-dealkylation sites (N-methyl/N-ethyl adjacent to an activating group) is 1. The van der Waals surface area contributed by atoms with Crippen LogP contribution >= 0.6 is 0 Å². The molecule has 1 unspecified atom stereocenters.